The second-order valence-electron chi connectivity index (χ2n) is 9.35. The highest BCUT2D eigenvalue weighted by atomic mass is 16.5. The van der Waals surface area contributed by atoms with Crippen molar-refractivity contribution in [3.63, 3.8) is 0 Å². The summed E-state index contributed by atoms with van der Waals surface area (Å²) in [5.41, 5.74) is 9.62. The molecule has 1 heterocycles. The van der Waals surface area contributed by atoms with Gasteiger partial charge >= 0.3 is 0 Å². The zero-order valence-electron chi connectivity index (χ0n) is 17.6. The van der Waals surface area contributed by atoms with Crippen LogP contribution in [0.4, 0.5) is 0 Å². The van der Waals surface area contributed by atoms with Crippen molar-refractivity contribution in [1.82, 2.24) is 4.57 Å². The first-order valence-electron chi connectivity index (χ1n) is 10.6. The number of aromatic nitrogens is 1. The first-order chi connectivity index (χ1) is 13.7. The summed E-state index contributed by atoms with van der Waals surface area (Å²) < 4.78 is 8.55. The number of aryl methyl sites for hydroxylation is 1. The van der Waals surface area contributed by atoms with Gasteiger partial charge in [0.15, 0.2) is 5.78 Å². The normalized spacial score (nSPS) is 19.1. The Kier molecular flexibility index (Phi) is 5.01. The molecule has 0 radical (unpaired) electrons. The van der Waals surface area contributed by atoms with Crippen molar-refractivity contribution in [1.29, 1.82) is 0 Å². The molecule has 1 fully saturated rings. The summed E-state index contributed by atoms with van der Waals surface area (Å²) in [6, 6.07) is 7.39. The van der Waals surface area contributed by atoms with Gasteiger partial charge in [-0.15, -0.1) is 0 Å². The number of nitrogens with zero attached hydrogens (tertiary/aromatic N) is 1. The number of nitrogens with two attached hydrogens (primary N) is 1. The molecule has 0 bridgehead atoms. The number of carbonyl (C=O) groups is 2. The quantitative estimate of drug-likeness (QED) is 0.813. The Morgan fingerprint density at radius 2 is 1.86 bits per heavy atom. The number of primary amides is 1. The minimum absolute atomic E-state index is 0.0792. The van der Waals surface area contributed by atoms with Crippen LogP contribution in [0.3, 0.4) is 0 Å². The summed E-state index contributed by atoms with van der Waals surface area (Å²) in [4.78, 5) is 24.5. The van der Waals surface area contributed by atoms with Gasteiger partial charge in [0.05, 0.1) is 11.8 Å². The molecule has 2 aliphatic rings. The number of hydrogen-bond acceptors (Lipinski definition) is 3. The molecule has 0 atom stereocenters. The van der Waals surface area contributed by atoms with Gasteiger partial charge in [-0.05, 0) is 68.7 Å². The van der Waals surface area contributed by atoms with E-state index in [1.807, 2.05) is 19.1 Å². The van der Waals surface area contributed by atoms with Gasteiger partial charge in [-0.2, -0.15) is 0 Å². The first-order valence-corrected chi connectivity index (χ1v) is 10.6. The van der Waals surface area contributed by atoms with Gasteiger partial charge in [0.25, 0.3) is 0 Å². The van der Waals surface area contributed by atoms with Gasteiger partial charge in [0.1, 0.15) is 5.75 Å². The molecule has 4 rings (SSSR count). The van der Waals surface area contributed by atoms with Crippen LogP contribution in [0.15, 0.2) is 24.3 Å². The molecule has 1 aromatic heterocycles. The lowest BCUT2D eigenvalue weighted by Gasteiger charge is -2.30. The number of carbonyl (C=O) groups excluding carboxylic acids is 2. The van der Waals surface area contributed by atoms with Crippen LogP contribution in [-0.4, -0.2) is 22.4 Å². The second-order valence-corrected chi connectivity index (χ2v) is 9.35. The van der Waals surface area contributed by atoms with E-state index in [4.69, 9.17) is 10.5 Å². The van der Waals surface area contributed by atoms with E-state index in [0.717, 1.165) is 54.7 Å². The molecule has 154 valence electrons. The van der Waals surface area contributed by atoms with Crippen LogP contribution in [0.5, 0.6) is 5.75 Å². The molecule has 2 aromatic rings. The molecule has 2 N–H and O–H groups in total. The molecule has 29 heavy (non-hydrogen) atoms. The molecule has 1 amide bonds. The molecular formula is C24H30N2O3. The number of hydrogen-bond donors (Lipinski definition) is 1. The van der Waals surface area contributed by atoms with Gasteiger partial charge in [-0.3, -0.25) is 9.59 Å². The fraction of sp³-hybridized carbons (Fsp3) is 0.500. The van der Waals surface area contributed by atoms with E-state index in [2.05, 4.69) is 18.4 Å². The minimum Gasteiger partial charge on any atom is -0.488 e. The van der Waals surface area contributed by atoms with Crippen LogP contribution in [0.1, 0.15) is 84.5 Å². The summed E-state index contributed by atoms with van der Waals surface area (Å²) >= 11 is 0. The number of Topliss-reactive ketones (excluding diaryl/α,β-unsaturated/α-hetero) is 1. The third-order valence-electron chi connectivity index (χ3n) is 6.20. The van der Waals surface area contributed by atoms with E-state index in [0.29, 0.717) is 17.7 Å². The number of rotatable bonds is 4. The molecule has 1 saturated carbocycles. The Morgan fingerprint density at radius 1 is 1.14 bits per heavy atom. The van der Waals surface area contributed by atoms with Crippen LogP contribution in [-0.2, 0) is 6.42 Å². The van der Waals surface area contributed by atoms with Crippen molar-refractivity contribution >= 4 is 11.7 Å². The molecule has 5 nitrogen and oxygen atoms in total. The van der Waals surface area contributed by atoms with Crippen molar-refractivity contribution in [2.24, 2.45) is 11.1 Å². The van der Waals surface area contributed by atoms with Gasteiger partial charge in [-0.25, -0.2) is 0 Å². The van der Waals surface area contributed by atoms with Gasteiger partial charge in [0.2, 0.25) is 5.91 Å². The van der Waals surface area contributed by atoms with Crippen LogP contribution < -0.4 is 10.5 Å². The van der Waals surface area contributed by atoms with Crippen LogP contribution in [0, 0.1) is 12.3 Å². The lowest BCUT2D eigenvalue weighted by molar-refractivity contribution is 0.0910. The molecule has 2 aliphatic carbocycles. The fourth-order valence-electron chi connectivity index (χ4n) is 4.80. The van der Waals surface area contributed by atoms with Gasteiger partial charge < -0.3 is 15.0 Å². The van der Waals surface area contributed by atoms with Crippen molar-refractivity contribution in [3.05, 3.63) is 46.8 Å². The summed E-state index contributed by atoms with van der Waals surface area (Å²) in [5.74, 6) is 0.403. The zero-order valence-corrected chi connectivity index (χ0v) is 17.6. The predicted octanol–water partition coefficient (Wildman–Crippen LogP) is 4.75. The van der Waals surface area contributed by atoms with Crippen LogP contribution in [0.2, 0.25) is 0 Å². The molecule has 1 aromatic carbocycles. The lowest BCUT2D eigenvalue weighted by atomic mass is 9.76. The summed E-state index contributed by atoms with van der Waals surface area (Å²) in [6.07, 6.45) is 7.15. The third kappa shape index (κ3) is 3.83. The topological polar surface area (TPSA) is 74.3 Å². The Bertz CT molecular complexity index is 965. The highest BCUT2D eigenvalue weighted by Gasteiger charge is 2.34. The maximum Gasteiger partial charge on any atom is 0.248 e. The highest BCUT2D eigenvalue weighted by Crippen LogP contribution is 2.39. The number of amides is 1. The smallest absolute Gasteiger partial charge is 0.248 e. The van der Waals surface area contributed by atoms with Crippen LogP contribution in [0.25, 0.3) is 5.69 Å². The van der Waals surface area contributed by atoms with E-state index in [9.17, 15) is 9.59 Å². The summed E-state index contributed by atoms with van der Waals surface area (Å²) in [6.45, 7) is 6.29. The van der Waals surface area contributed by atoms with Gasteiger partial charge in [-0.1, -0.05) is 20.3 Å². The van der Waals surface area contributed by atoms with Crippen molar-refractivity contribution in [3.8, 4) is 11.4 Å². The third-order valence-corrected chi connectivity index (χ3v) is 6.20. The molecular weight excluding hydrogens is 364 g/mol. The Labute approximate surface area is 172 Å². The van der Waals surface area contributed by atoms with Crippen molar-refractivity contribution < 1.29 is 14.3 Å². The monoisotopic (exact) mass is 394 g/mol. The Balaban J connectivity index is 1.83. The maximum atomic E-state index is 12.7. The fourth-order valence-corrected chi connectivity index (χ4v) is 4.80. The molecule has 0 unspecified atom stereocenters. The minimum atomic E-state index is -0.465. The van der Waals surface area contributed by atoms with E-state index >= 15 is 0 Å². The van der Waals surface area contributed by atoms with E-state index in [1.54, 1.807) is 12.1 Å². The van der Waals surface area contributed by atoms with E-state index in [1.165, 1.54) is 6.42 Å². The lowest BCUT2D eigenvalue weighted by Crippen LogP contribution is -2.28. The van der Waals surface area contributed by atoms with E-state index < -0.39 is 5.91 Å². The first kappa shape index (κ1) is 19.7. The Hall–Kier alpha value is -2.56. The van der Waals surface area contributed by atoms with E-state index in [-0.39, 0.29) is 17.3 Å². The molecule has 5 heteroatoms. The Morgan fingerprint density at radius 3 is 2.55 bits per heavy atom. The summed E-state index contributed by atoms with van der Waals surface area (Å²) in [7, 11) is 0. The van der Waals surface area contributed by atoms with Crippen molar-refractivity contribution in [2.75, 3.05) is 0 Å². The average molecular weight is 395 g/mol. The summed E-state index contributed by atoms with van der Waals surface area (Å²) in [5, 5.41) is 0. The zero-order chi connectivity index (χ0) is 20.8. The SMILES string of the molecule is Cc1cc2c(n1-c1ccc(C(N)=O)cc1OC1CCCCC1)CC(C)(C)CC2=O. The maximum absolute atomic E-state index is 12.7. The van der Waals surface area contributed by atoms with Crippen molar-refractivity contribution in [2.45, 2.75) is 71.8 Å². The van der Waals surface area contributed by atoms with Gasteiger partial charge in [0, 0.05) is 28.9 Å². The molecule has 0 spiro atoms. The number of benzene rings is 1. The second kappa shape index (κ2) is 7.36. The standard InChI is InChI=1S/C24H30N2O3/c1-15-11-18-20(13-24(2,3)14-21(18)27)26(15)19-10-9-16(23(25)28)12-22(19)29-17-7-5-4-6-8-17/h9-12,17H,4-8,13-14H2,1-3H3,(H2,25,28). The highest BCUT2D eigenvalue weighted by molar-refractivity contribution is 5.99. The number of fused-ring (bicyclic) bond motifs is 1. The predicted molar refractivity (Wildman–Crippen MR) is 113 cm³/mol. The average Bonchev–Trinajstić information content (AvgIpc) is 2.97. The van der Waals surface area contributed by atoms with Crippen LogP contribution >= 0.6 is 0 Å². The number of ether oxygens (including phenoxy) is 1. The molecule has 0 saturated heterocycles. The number of ketones is 1. The largest absolute Gasteiger partial charge is 0.488 e. The molecule has 0 aliphatic heterocycles.